The summed E-state index contributed by atoms with van der Waals surface area (Å²) in [6, 6.07) is 6.30. The summed E-state index contributed by atoms with van der Waals surface area (Å²) < 4.78 is 0. The first kappa shape index (κ1) is 10.8. The monoisotopic (exact) mass is 191 g/mol. The van der Waals surface area contributed by atoms with Crippen LogP contribution in [0.15, 0.2) is 18.2 Å². The predicted molar refractivity (Wildman–Crippen MR) is 59.9 cm³/mol. The van der Waals surface area contributed by atoms with Crippen molar-refractivity contribution in [2.24, 2.45) is 0 Å². The maximum Gasteiger partial charge on any atom is 0.139 e. The summed E-state index contributed by atoms with van der Waals surface area (Å²) in [4.78, 5) is 12.6. The Bertz CT molecular complexity index is 320. The van der Waals surface area contributed by atoms with E-state index < -0.39 is 0 Å². The molecule has 0 bridgehead atoms. The Morgan fingerprint density at radius 3 is 2.57 bits per heavy atom. The van der Waals surface area contributed by atoms with Gasteiger partial charge in [-0.1, -0.05) is 17.7 Å². The van der Waals surface area contributed by atoms with Gasteiger partial charge < -0.3 is 9.69 Å². The maximum absolute atomic E-state index is 10.5. The van der Waals surface area contributed by atoms with Crippen LogP contribution in [0.5, 0.6) is 0 Å². The number of aldehydes is 1. The number of anilines is 1. The summed E-state index contributed by atoms with van der Waals surface area (Å²) in [6.45, 7) is 7.55. The number of likely N-dealkylation sites (N-methyl/N-ethyl adjacent to an activating group) is 1. The summed E-state index contributed by atoms with van der Waals surface area (Å²) >= 11 is 0. The number of benzene rings is 1. The molecule has 1 aromatic carbocycles. The number of hydrogen-bond acceptors (Lipinski definition) is 2. The topological polar surface area (TPSA) is 20.3 Å². The van der Waals surface area contributed by atoms with Crippen LogP contribution in [-0.2, 0) is 4.79 Å². The molecule has 0 heterocycles. The fraction of sp³-hybridized carbons (Fsp3) is 0.417. The van der Waals surface area contributed by atoms with Crippen molar-refractivity contribution < 1.29 is 4.79 Å². The minimum atomic E-state index is 0.473. The Morgan fingerprint density at radius 1 is 1.36 bits per heavy atom. The molecule has 1 rings (SSSR count). The van der Waals surface area contributed by atoms with Crippen molar-refractivity contribution in [3.8, 4) is 0 Å². The van der Waals surface area contributed by atoms with Crippen molar-refractivity contribution >= 4 is 12.0 Å². The van der Waals surface area contributed by atoms with E-state index in [9.17, 15) is 4.79 Å². The quantitative estimate of drug-likeness (QED) is 0.681. The highest BCUT2D eigenvalue weighted by molar-refractivity contribution is 5.63. The molecular formula is C12H17NO. The minimum Gasteiger partial charge on any atom is -0.365 e. The first-order valence-electron chi connectivity index (χ1n) is 4.95. The van der Waals surface area contributed by atoms with Crippen LogP contribution in [0.25, 0.3) is 0 Å². The molecule has 2 heteroatoms. The third-order valence-corrected chi connectivity index (χ3v) is 2.37. The van der Waals surface area contributed by atoms with Gasteiger partial charge in [0, 0.05) is 12.2 Å². The van der Waals surface area contributed by atoms with Crippen LogP contribution in [0.4, 0.5) is 5.69 Å². The van der Waals surface area contributed by atoms with Crippen molar-refractivity contribution in [3.05, 3.63) is 29.3 Å². The average Bonchev–Trinajstić information content (AvgIpc) is 2.15. The molecule has 0 N–H and O–H groups in total. The first-order valence-corrected chi connectivity index (χ1v) is 4.95. The Kier molecular flexibility index (Phi) is 3.69. The van der Waals surface area contributed by atoms with Crippen LogP contribution in [0.3, 0.4) is 0 Å². The predicted octanol–water partition coefficient (Wildman–Crippen LogP) is 2.33. The van der Waals surface area contributed by atoms with Crippen LogP contribution in [0.1, 0.15) is 18.1 Å². The Hall–Kier alpha value is -1.31. The molecule has 14 heavy (non-hydrogen) atoms. The smallest absolute Gasteiger partial charge is 0.139 e. The lowest BCUT2D eigenvalue weighted by Crippen LogP contribution is -2.25. The van der Waals surface area contributed by atoms with E-state index in [0.717, 1.165) is 18.5 Å². The van der Waals surface area contributed by atoms with Gasteiger partial charge in [-0.3, -0.25) is 0 Å². The molecule has 76 valence electrons. The van der Waals surface area contributed by atoms with E-state index in [4.69, 9.17) is 0 Å². The lowest BCUT2D eigenvalue weighted by Gasteiger charge is -2.22. The summed E-state index contributed by atoms with van der Waals surface area (Å²) in [5.41, 5.74) is 3.65. The van der Waals surface area contributed by atoms with Crippen molar-refractivity contribution in [1.29, 1.82) is 0 Å². The molecule has 0 fully saturated rings. The van der Waals surface area contributed by atoms with Crippen molar-refractivity contribution in [2.45, 2.75) is 20.8 Å². The zero-order valence-corrected chi connectivity index (χ0v) is 9.08. The largest absolute Gasteiger partial charge is 0.365 e. The van der Waals surface area contributed by atoms with Gasteiger partial charge >= 0.3 is 0 Å². The molecule has 0 atom stereocenters. The second kappa shape index (κ2) is 4.80. The molecular weight excluding hydrogens is 174 g/mol. The van der Waals surface area contributed by atoms with Gasteiger partial charge in [0.2, 0.25) is 0 Å². The Balaban J connectivity index is 2.97. The molecule has 1 aromatic rings. The summed E-state index contributed by atoms with van der Waals surface area (Å²) in [5.74, 6) is 0. The number of aryl methyl sites for hydroxylation is 2. The molecule has 0 saturated heterocycles. The zero-order valence-electron chi connectivity index (χ0n) is 9.08. The van der Waals surface area contributed by atoms with Crippen molar-refractivity contribution in [1.82, 2.24) is 0 Å². The average molecular weight is 191 g/mol. The number of carbonyl (C=O) groups is 1. The van der Waals surface area contributed by atoms with Gasteiger partial charge in [0.25, 0.3) is 0 Å². The van der Waals surface area contributed by atoms with Gasteiger partial charge in [0.15, 0.2) is 0 Å². The van der Waals surface area contributed by atoms with Crippen molar-refractivity contribution in [3.63, 3.8) is 0 Å². The second-order valence-electron chi connectivity index (χ2n) is 3.50. The minimum absolute atomic E-state index is 0.473. The Morgan fingerprint density at radius 2 is 2.07 bits per heavy atom. The molecule has 0 aliphatic carbocycles. The van der Waals surface area contributed by atoms with Gasteiger partial charge in [-0.15, -0.1) is 0 Å². The summed E-state index contributed by atoms with van der Waals surface area (Å²) in [5, 5.41) is 0. The maximum atomic E-state index is 10.5. The van der Waals surface area contributed by atoms with Gasteiger partial charge in [0.1, 0.15) is 6.29 Å². The molecule has 0 saturated carbocycles. The fourth-order valence-corrected chi connectivity index (χ4v) is 1.65. The van der Waals surface area contributed by atoms with E-state index in [1.54, 1.807) is 0 Å². The summed E-state index contributed by atoms with van der Waals surface area (Å²) in [6.07, 6.45) is 0.947. The van der Waals surface area contributed by atoms with E-state index in [-0.39, 0.29) is 0 Å². The van der Waals surface area contributed by atoms with Crippen LogP contribution < -0.4 is 4.90 Å². The van der Waals surface area contributed by atoms with Crippen LogP contribution in [0.2, 0.25) is 0 Å². The molecule has 2 nitrogen and oxygen atoms in total. The fourth-order valence-electron chi connectivity index (χ4n) is 1.65. The molecule has 0 aromatic heterocycles. The highest BCUT2D eigenvalue weighted by Gasteiger charge is 2.05. The van der Waals surface area contributed by atoms with Crippen LogP contribution in [-0.4, -0.2) is 19.4 Å². The van der Waals surface area contributed by atoms with E-state index in [1.807, 2.05) is 0 Å². The van der Waals surface area contributed by atoms with E-state index in [0.29, 0.717) is 6.54 Å². The third kappa shape index (κ3) is 2.34. The highest BCUT2D eigenvalue weighted by Crippen LogP contribution is 2.20. The van der Waals surface area contributed by atoms with Crippen LogP contribution in [0, 0.1) is 13.8 Å². The first-order chi connectivity index (χ1) is 6.69. The molecule has 0 spiro atoms. The van der Waals surface area contributed by atoms with Gasteiger partial charge in [-0.05, 0) is 32.4 Å². The Labute approximate surface area is 85.5 Å². The molecule has 0 aliphatic heterocycles. The number of carbonyl (C=O) groups excluding carboxylic acids is 1. The van der Waals surface area contributed by atoms with E-state index in [2.05, 4.69) is 43.9 Å². The number of nitrogens with zero attached hydrogens (tertiary/aromatic N) is 1. The number of rotatable bonds is 4. The lowest BCUT2D eigenvalue weighted by atomic mass is 10.1. The SMILES string of the molecule is CCN(CC=O)c1ccc(C)cc1C. The third-order valence-electron chi connectivity index (χ3n) is 2.37. The zero-order chi connectivity index (χ0) is 10.6. The van der Waals surface area contributed by atoms with E-state index >= 15 is 0 Å². The van der Waals surface area contributed by atoms with Crippen LogP contribution >= 0.6 is 0 Å². The normalized spacial score (nSPS) is 9.93. The van der Waals surface area contributed by atoms with E-state index in [1.165, 1.54) is 11.1 Å². The second-order valence-corrected chi connectivity index (χ2v) is 3.50. The van der Waals surface area contributed by atoms with Gasteiger partial charge in [-0.25, -0.2) is 0 Å². The lowest BCUT2D eigenvalue weighted by molar-refractivity contribution is -0.106. The van der Waals surface area contributed by atoms with Gasteiger partial charge in [0.05, 0.1) is 6.54 Å². The highest BCUT2D eigenvalue weighted by atomic mass is 16.1. The molecule has 0 amide bonds. The summed E-state index contributed by atoms with van der Waals surface area (Å²) in [7, 11) is 0. The number of hydrogen-bond donors (Lipinski definition) is 0. The molecule has 0 aliphatic rings. The molecule has 0 radical (unpaired) electrons. The van der Waals surface area contributed by atoms with Crippen molar-refractivity contribution in [2.75, 3.05) is 18.0 Å². The standard InChI is InChI=1S/C12H17NO/c1-4-13(7-8-14)12-6-5-10(2)9-11(12)3/h5-6,8-9H,4,7H2,1-3H3. The van der Waals surface area contributed by atoms with Gasteiger partial charge in [-0.2, -0.15) is 0 Å². The molecule has 0 unspecified atom stereocenters.